The van der Waals surface area contributed by atoms with E-state index >= 15 is 0 Å². The normalized spacial score (nSPS) is 12.8. The minimum absolute atomic E-state index is 0.187. The lowest BCUT2D eigenvalue weighted by molar-refractivity contribution is 0.0955. The Morgan fingerprint density at radius 2 is 1.86 bits per heavy atom. The van der Waals surface area contributed by atoms with Crippen LogP contribution < -0.4 is 19.6 Å². The molecule has 10 heteroatoms. The largest absolute Gasteiger partial charge is 0.454 e. The monoisotopic (exact) mass is 429 g/mol. The van der Waals surface area contributed by atoms with Gasteiger partial charge in [0.25, 0.3) is 15.9 Å². The molecular formula is C19H15N3O5S2. The second-order valence-electron chi connectivity index (χ2n) is 5.93. The number of ether oxygens (including phenoxy) is 2. The van der Waals surface area contributed by atoms with Gasteiger partial charge in [0.2, 0.25) is 6.79 Å². The summed E-state index contributed by atoms with van der Waals surface area (Å²) in [7, 11) is -3.63. The predicted octanol–water partition coefficient (Wildman–Crippen LogP) is 3.04. The van der Waals surface area contributed by atoms with Crippen molar-refractivity contribution in [1.29, 1.82) is 0 Å². The molecule has 0 saturated heterocycles. The summed E-state index contributed by atoms with van der Waals surface area (Å²) in [5.41, 5.74) is 3.87. The number of rotatable bonds is 6. The highest BCUT2D eigenvalue weighted by Crippen LogP contribution is 2.32. The first-order chi connectivity index (χ1) is 14.0. The lowest BCUT2D eigenvalue weighted by Crippen LogP contribution is -2.17. The minimum Gasteiger partial charge on any atom is -0.454 e. The Hall–Kier alpha value is -3.37. The zero-order chi connectivity index (χ0) is 20.3. The third-order valence-corrected chi connectivity index (χ3v) is 6.71. The van der Waals surface area contributed by atoms with E-state index in [0.29, 0.717) is 22.7 Å². The number of anilines is 1. The number of sulfonamides is 1. The highest BCUT2D eigenvalue weighted by atomic mass is 32.2. The van der Waals surface area contributed by atoms with E-state index in [2.05, 4.69) is 15.2 Å². The van der Waals surface area contributed by atoms with Gasteiger partial charge in [-0.15, -0.1) is 11.3 Å². The van der Waals surface area contributed by atoms with Gasteiger partial charge in [-0.1, -0.05) is 6.07 Å². The molecule has 2 N–H and O–H groups in total. The molecule has 8 nitrogen and oxygen atoms in total. The van der Waals surface area contributed by atoms with Crippen LogP contribution in [-0.2, 0) is 10.0 Å². The van der Waals surface area contributed by atoms with Crippen molar-refractivity contribution in [1.82, 2.24) is 5.43 Å². The topological polar surface area (TPSA) is 106 Å². The van der Waals surface area contributed by atoms with Crippen molar-refractivity contribution in [3.8, 4) is 11.5 Å². The van der Waals surface area contributed by atoms with E-state index in [1.807, 2.05) is 0 Å². The summed E-state index contributed by atoms with van der Waals surface area (Å²) in [6.07, 6.45) is 1.49. The molecule has 0 fully saturated rings. The molecule has 0 spiro atoms. The standard InChI is InChI=1S/C19H15N3O5S2/c23-19(21-20-11-13-3-8-16-17(10-13)27-12-26-16)14-4-6-15(7-5-14)22-29(24,25)18-2-1-9-28-18/h1-11,22H,12H2,(H,21,23)/b20-11-. The lowest BCUT2D eigenvalue weighted by atomic mass is 10.2. The number of hydrazone groups is 1. The third kappa shape index (κ3) is 4.39. The van der Waals surface area contributed by atoms with Gasteiger partial charge in [0, 0.05) is 11.3 Å². The minimum atomic E-state index is -3.63. The number of hydrogen-bond acceptors (Lipinski definition) is 7. The third-order valence-electron chi connectivity index (χ3n) is 3.94. The molecule has 4 rings (SSSR count). The summed E-state index contributed by atoms with van der Waals surface area (Å²) in [4.78, 5) is 12.2. The number of fused-ring (bicyclic) bond motifs is 1. The van der Waals surface area contributed by atoms with Gasteiger partial charge >= 0.3 is 0 Å². The van der Waals surface area contributed by atoms with Crippen LogP contribution in [0.4, 0.5) is 5.69 Å². The van der Waals surface area contributed by atoms with Crippen LogP contribution in [0.25, 0.3) is 0 Å². The Labute approximate surface area is 170 Å². The number of nitrogens with zero attached hydrogens (tertiary/aromatic N) is 1. The Bertz CT molecular complexity index is 1160. The maximum atomic E-state index is 12.2. The zero-order valence-electron chi connectivity index (χ0n) is 14.9. The van der Waals surface area contributed by atoms with Crippen molar-refractivity contribution in [3.05, 3.63) is 71.1 Å². The highest BCUT2D eigenvalue weighted by Gasteiger charge is 2.15. The smallest absolute Gasteiger partial charge is 0.271 e. The van der Waals surface area contributed by atoms with Gasteiger partial charge in [0.05, 0.1) is 6.21 Å². The molecule has 3 aromatic rings. The average molecular weight is 429 g/mol. The molecule has 29 heavy (non-hydrogen) atoms. The van der Waals surface area contributed by atoms with Crippen molar-refractivity contribution < 1.29 is 22.7 Å². The van der Waals surface area contributed by atoms with Gasteiger partial charge in [-0.05, 0) is 59.5 Å². The van der Waals surface area contributed by atoms with E-state index in [0.717, 1.165) is 16.9 Å². The Morgan fingerprint density at radius 1 is 1.07 bits per heavy atom. The zero-order valence-corrected chi connectivity index (χ0v) is 16.5. The molecule has 1 aliphatic heterocycles. The quantitative estimate of drug-likeness (QED) is 0.463. The maximum absolute atomic E-state index is 12.2. The number of carbonyl (C=O) groups is 1. The molecule has 1 amide bonds. The van der Waals surface area contributed by atoms with Gasteiger partial charge in [-0.3, -0.25) is 9.52 Å². The molecule has 1 aliphatic rings. The molecule has 0 radical (unpaired) electrons. The summed E-state index contributed by atoms with van der Waals surface area (Å²) in [6, 6.07) is 14.5. The van der Waals surface area contributed by atoms with Gasteiger partial charge in [-0.2, -0.15) is 5.10 Å². The predicted molar refractivity (Wildman–Crippen MR) is 109 cm³/mol. The van der Waals surface area contributed by atoms with Crippen molar-refractivity contribution in [2.75, 3.05) is 11.5 Å². The first kappa shape index (κ1) is 19.0. The Balaban J connectivity index is 1.37. The molecule has 148 valence electrons. The number of hydrogen-bond donors (Lipinski definition) is 2. The lowest BCUT2D eigenvalue weighted by Gasteiger charge is -2.07. The van der Waals surface area contributed by atoms with Gasteiger partial charge in [0.1, 0.15) is 4.21 Å². The van der Waals surface area contributed by atoms with Crippen molar-refractivity contribution >= 4 is 39.2 Å². The molecule has 0 aliphatic carbocycles. The van der Waals surface area contributed by atoms with Crippen LogP contribution in [0, 0.1) is 0 Å². The van der Waals surface area contributed by atoms with E-state index < -0.39 is 15.9 Å². The number of thiophene rings is 1. The summed E-state index contributed by atoms with van der Waals surface area (Å²) in [6.45, 7) is 0.187. The van der Waals surface area contributed by atoms with Crippen LogP contribution in [0.1, 0.15) is 15.9 Å². The van der Waals surface area contributed by atoms with E-state index in [9.17, 15) is 13.2 Å². The first-order valence-electron chi connectivity index (χ1n) is 8.41. The Kier molecular flexibility index (Phi) is 5.19. The second-order valence-corrected chi connectivity index (χ2v) is 8.78. The van der Waals surface area contributed by atoms with Crippen LogP contribution in [0.5, 0.6) is 11.5 Å². The fraction of sp³-hybridized carbons (Fsp3) is 0.0526. The molecule has 0 saturated carbocycles. The number of nitrogens with one attached hydrogen (secondary N) is 2. The molecule has 2 heterocycles. The summed E-state index contributed by atoms with van der Waals surface area (Å²) in [5, 5.41) is 5.61. The molecule has 0 unspecified atom stereocenters. The van der Waals surface area contributed by atoms with Crippen LogP contribution >= 0.6 is 11.3 Å². The molecule has 2 aromatic carbocycles. The van der Waals surface area contributed by atoms with E-state index in [1.54, 1.807) is 29.6 Å². The van der Waals surface area contributed by atoms with Crippen LogP contribution in [0.2, 0.25) is 0 Å². The van der Waals surface area contributed by atoms with Crippen molar-refractivity contribution in [2.45, 2.75) is 4.21 Å². The molecular weight excluding hydrogens is 414 g/mol. The fourth-order valence-electron chi connectivity index (χ4n) is 2.53. The molecule has 0 atom stereocenters. The first-order valence-corrected chi connectivity index (χ1v) is 10.8. The maximum Gasteiger partial charge on any atom is 0.271 e. The van der Waals surface area contributed by atoms with Gasteiger partial charge < -0.3 is 9.47 Å². The SMILES string of the molecule is O=C(N/N=C\c1ccc2c(c1)OCO2)c1ccc(NS(=O)(=O)c2cccs2)cc1. The van der Waals surface area contributed by atoms with Crippen LogP contribution in [0.3, 0.4) is 0 Å². The second kappa shape index (κ2) is 7.94. The summed E-state index contributed by atoms with van der Waals surface area (Å²) in [5.74, 6) is 0.872. The van der Waals surface area contributed by atoms with E-state index in [-0.39, 0.29) is 11.0 Å². The van der Waals surface area contributed by atoms with E-state index in [1.165, 1.54) is 36.5 Å². The van der Waals surface area contributed by atoms with Crippen LogP contribution in [-0.4, -0.2) is 27.3 Å². The van der Waals surface area contributed by atoms with Gasteiger partial charge in [-0.25, -0.2) is 13.8 Å². The highest BCUT2D eigenvalue weighted by molar-refractivity contribution is 7.94. The van der Waals surface area contributed by atoms with Crippen LogP contribution in [0.15, 0.2) is 69.3 Å². The molecule has 0 bridgehead atoms. The van der Waals surface area contributed by atoms with Gasteiger partial charge in [0.15, 0.2) is 11.5 Å². The fourth-order valence-corrected chi connectivity index (χ4v) is 4.59. The number of carbonyl (C=O) groups excluding carboxylic acids is 1. The average Bonchev–Trinajstić information content (AvgIpc) is 3.40. The Morgan fingerprint density at radius 3 is 2.62 bits per heavy atom. The van der Waals surface area contributed by atoms with Crippen molar-refractivity contribution in [3.63, 3.8) is 0 Å². The molecule has 1 aromatic heterocycles. The summed E-state index contributed by atoms with van der Waals surface area (Å²) >= 11 is 1.13. The summed E-state index contributed by atoms with van der Waals surface area (Å²) < 4.78 is 37.6. The number of benzene rings is 2. The van der Waals surface area contributed by atoms with Crippen molar-refractivity contribution in [2.24, 2.45) is 5.10 Å². The van der Waals surface area contributed by atoms with E-state index in [4.69, 9.17) is 9.47 Å². The number of amides is 1.